The van der Waals surface area contributed by atoms with Crippen LogP contribution in [0.5, 0.6) is 0 Å². The lowest BCUT2D eigenvalue weighted by Crippen LogP contribution is -2.45. The number of hydrogen-bond donors (Lipinski definition) is 2. The number of nitrogens with zero attached hydrogens (tertiary/aromatic N) is 1. The molecule has 0 aromatic heterocycles. The Balaban J connectivity index is 1.71. The summed E-state index contributed by atoms with van der Waals surface area (Å²) in [5, 5.41) is 11.8. The number of ether oxygens (including phenoxy) is 1. The van der Waals surface area contributed by atoms with E-state index in [2.05, 4.69) is 5.32 Å². The van der Waals surface area contributed by atoms with Gasteiger partial charge in [0.15, 0.2) is 0 Å². The van der Waals surface area contributed by atoms with Crippen molar-refractivity contribution in [1.29, 1.82) is 0 Å². The van der Waals surface area contributed by atoms with Gasteiger partial charge in [-0.2, -0.15) is 0 Å². The zero-order valence-corrected chi connectivity index (χ0v) is 9.52. The van der Waals surface area contributed by atoms with E-state index in [0.717, 1.165) is 32.3 Å². The number of carbonyl (C=O) groups excluding carboxylic acids is 1. The lowest BCUT2D eigenvalue weighted by molar-refractivity contribution is 0.107. The molecule has 1 heterocycles. The Bertz CT molecular complexity index is 237. The molecule has 1 unspecified atom stereocenters. The average Bonchev–Trinajstić information content (AvgIpc) is 2.99. The third-order valence-corrected chi connectivity index (χ3v) is 3.09. The van der Waals surface area contributed by atoms with Gasteiger partial charge in [-0.05, 0) is 25.7 Å². The van der Waals surface area contributed by atoms with Crippen LogP contribution in [0.1, 0.15) is 25.7 Å². The fourth-order valence-corrected chi connectivity index (χ4v) is 2.05. The van der Waals surface area contributed by atoms with E-state index in [1.807, 2.05) is 0 Å². The molecular formula is C11H20N2O3. The van der Waals surface area contributed by atoms with Gasteiger partial charge in [0.2, 0.25) is 0 Å². The normalized spacial score (nSPS) is 24.4. The molecule has 5 nitrogen and oxygen atoms in total. The number of urea groups is 1. The molecule has 2 amide bonds. The van der Waals surface area contributed by atoms with Crippen molar-refractivity contribution in [2.45, 2.75) is 37.8 Å². The van der Waals surface area contributed by atoms with Crippen LogP contribution in [0.25, 0.3) is 0 Å². The van der Waals surface area contributed by atoms with Crippen molar-refractivity contribution in [3.8, 4) is 0 Å². The highest BCUT2D eigenvalue weighted by atomic mass is 16.5. The summed E-state index contributed by atoms with van der Waals surface area (Å²) in [5.74, 6) is 0. The Hall–Kier alpha value is -0.810. The fraction of sp³-hybridized carbons (Fsp3) is 0.909. The van der Waals surface area contributed by atoms with Crippen LogP contribution in [-0.4, -0.2) is 54.5 Å². The molecule has 0 radical (unpaired) electrons. The summed E-state index contributed by atoms with van der Waals surface area (Å²) in [6, 6.07) is 0.281. The van der Waals surface area contributed by atoms with E-state index in [1.54, 1.807) is 4.90 Å². The molecule has 1 atom stereocenters. The summed E-state index contributed by atoms with van der Waals surface area (Å²) >= 11 is 0. The van der Waals surface area contributed by atoms with Crippen molar-refractivity contribution in [3.05, 3.63) is 0 Å². The number of aliphatic hydroxyl groups excluding tert-OH is 1. The number of rotatable bonds is 5. The predicted molar refractivity (Wildman–Crippen MR) is 59.2 cm³/mol. The first kappa shape index (κ1) is 11.7. The van der Waals surface area contributed by atoms with Gasteiger partial charge in [-0.3, -0.25) is 0 Å². The lowest BCUT2D eigenvalue weighted by atomic mass is 10.2. The van der Waals surface area contributed by atoms with Crippen LogP contribution < -0.4 is 5.32 Å². The lowest BCUT2D eigenvalue weighted by Gasteiger charge is -2.22. The summed E-state index contributed by atoms with van der Waals surface area (Å²) in [6.45, 7) is 1.86. The van der Waals surface area contributed by atoms with Gasteiger partial charge < -0.3 is 20.1 Å². The molecule has 0 aromatic rings. The molecule has 16 heavy (non-hydrogen) atoms. The van der Waals surface area contributed by atoms with Crippen LogP contribution in [0.4, 0.5) is 4.79 Å². The summed E-state index contributed by atoms with van der Waals surface area (Å²) < 4.78 is 5.44. The Morgan fingerprint density at radius 2 is 2.25 bits per heavy atom. The molecule has 1 saturated heterocycles. The zero-order chi connectivity index (χ0) is 11.4. The average molecular weight is 228 g/mol. The fourth-order valence-electron chi connectivity index (χ4n) is 2.05. The first-order valence-electron chi connectivity index (χ1n) is 6.08. The van der Waals surface area contributed by atoms with Crippen molar-refractivity contribution in [3.63, 3.8) is 0 Å². The van der Waals surface area contributed by atoms with E-state index in [9.17, 15) is 4.79 Å². The van der Waals surface area contributed by atoms with Gasteiger partial charge >= 0.3 is 6.03 Å². The third-order valence-electron chi connectivity index (χ3n) is 3.09. The Kier molecular flexibility index (Phi) is 4.01. The molecule has 0 aromatic carbocycles. The van der Waals surface area contributed by atoms with Crippen LogP contribution in [0.2, 0.25) is 0 Å². The molecule has 92 valence electrons. The second-order valence-corrected chi connectivity index (χ2v) is 4.47. The number of nitrogens with one attached hydrogen (secondary N) is 1. The molecule has 0 bridgehead atoms. The maximum Gasteiger partial charge on any atom is 0.317 e. The minimum atomic E-state index is -0.0629. The zero-order valence-electron chi connectivity index (χ0n) is 9.52. The topological polar surface area (TPSA) is 61.8 Å². The van der Waals surface area contributed by atoms with Gasteiger partial charge in [0.1, 0.15) is 0 Å². The van der Waals surface area contributed by atoms with Crippen LogP contribution in [-0.2, 0) is 4.74 Å². The Morgan fingerprint density at radius 3 is 2.81 bits per heavy atom. The minimum Gasteiger partial charge on any atom is -0.395 e. The molecular weight excluding hydrogens is 208 g/mol. The summed E-state index contributed by atoms with van der Waals surface area (Å²) in [7, 11) is 0. The highest BCUT2D eigenvalue weighted by molar-refractivity contribution is 5.74. The van der Waals surface area contributed by atoms with E-state index >= 15 is 0 Å². The number of amides is 2. The second kappa shape index (κ2) is 5.50. The quantitative estimate of drug-likeness (QED) is 0.713. The molecule has 2 fully saturated rings. The number of carbonyl (C=O) groups is 1. The van der Waals surface area contributed by atoms with Gasteiger partial charge in [-0.15, -0.1) is 0 Å². The van der Waals surface area contributed by atoms with Crippen molar-refractivity contribution < 1.29 is 14.6 Å². The highest BCUT2D eigenvalue weighted by Crippen LogP contribution is 2.26. The van der Waals surface area contributed by atoms with Crippen LogP contribution >= 0.6 is 0 Å². The van der Waals surface area contributed by atoms with E-state index in [0.29, 0.717) is 19.1 Å². The van der Waals surface area contributed by atoms with Gasteiger partial charge in [-0.25, -0.2) is 4.79 Å². The molecule has 1 aliphatic heterocycles. The third kappa shape index (κ3) is 3.09. The SMILES string of the molecule is O=C(NCC1CCCO1)N(CCO)C1CC1. The van der Waals surface area contributed by atoms with E-state index < -0.39 is 0 Å². The van der Waals surface area contributed by atoms with Crippen molar-refractivity contribution in [2.24, 2.45) is 0 Å². The van der Waals surface area contributed by atoms with Crippen LogP contribution in [0.15, 0.2) is 0 Å². The van der Waals surface area contributed by atoms with Crippen molar-refractivity contribution >= 4 is 6.03 Å². The van der Waals surface area contributed by atoms with Gasteiger partial charge in [0, 0.05) is 25.7 Å². The Morgan fingerprint density at radius 1 is 1.44 bits per heavy atom. The predicted octanol–water partition coefficient (Wildman–Crippen LogP) is 0.332. The van der Waals surface area contributed by atoms with Crippen LogP contribution in [0.3, 0.4) is 0 Å². The second-order valence-electron chi connectivity index (χ2n) is 4.47. The monoisotopic (exact) mass is 228 g/mol. The van der Waals surface area contributed by atoms with E-state index in [-0.39, 0.29) is 18.7 Å². The number of aliphatic hydroxyl groups is 1. The first-order valence-corrected chi connectivity index (χ1v) is 6.08. The molecule has 1 aliphatic carbocycles. The molecule has 0 spiro atoms. The largest absolute Gasteiger partial charge is 0.395 e. The minimum absolute atomic E-state index is 0.0316. The van der Waals surface area contributed by atoms with Crippen molar-refractivity contribution in [2.75, 3.05) is 26.3 Å². The summed E-state index contributed by atoms with van der Waals surface area (Å²) in [4.78, 5) is 13.6. The van der Waals surface area contributed by atoms with Gasteiger partial charge in [0.25, 0.3) is 0 Å². The van der Waals surface area contributed by atoms with Gasteiger partial charge in [0.05, 0.1) is 12.7 Å². The highest BCUT2D eigenvalue weighted by Gasteiger charge is 2.32. The van der Waals surface area contributed by atoms with Gasteiger partial charge in [-0.1, -0.05) is 0 Å². The Labute approximate surface area is 95.8 Å². The van der Waals surface area contributed by atoms with Crippen molar-refractivity contribution in [1.82, 2.24) is 10.2 Å². The molecule has 2 aliphatic rings. The van der Waals surface area contributed by atoms with E-state index in [4.69, 9.17) is 9.84 Å². The molecule has 1 saturated carbocycles. The maximum atomic E-state index is 11.8. The maximum absolute atomic E-state index is 11.8. The number of hydrogen-bond acceptors (Lipinski definition) is 3. The smallest absolute Gasteiger partial charge is 0.317 e. The van der Waals surface area contributed by atoms with E-state index in [1.165, 1.54) is 0 Å². The summed E-state index contributed by atoms with van der Waals surface area (Å²) in [5.41, 5.74) is 0. The molecule has 2 N–H and O–H groups in total. The summed E-state index contributed by atoms with van der Waals surface area (Å²) in [6.07, 6.45) is 4.42. The molecule has 2 rings (SSSR count). The molecule has 5 heteroatoms. The first-order chi connectivity index (χ1) is 7.81. The van der Waals surface area contributed by atoms with Crippen LogP contribution in [0, 0.1) is 0 Å². The standard InChI is InChI=1S/C11H20N2O3/c14-6-5-13(9-3-4-9)11(15)12-8-10-2-1-7-16-10/h9-10,14H,1-8H2,(H,12,15).